The highest BCUT2D eigenvalue weighted by molar-refractivity contribution is 7.93. The van der Waals surface area contributed by atoms with Crippen molar-refractivity contribution in [2.75, 3.05) is 21.9 Å². The Hall–Kier alpha value is -2.34. The van der Waals surface area contributed by atoms with E-state index in [0.717, 1.165) is 31.4 Å². The summed E-state index contributed by atoms with van der Waals surface area (Å²) in [6, 6.07) is 17.6. The number of nitrogens with one attached hydrogen (secondary N) is 1. The van der Waals surface area contributed by atoms with E-state index in [9.17, 15) is 13.2 Å². The topological polar surface area (TPSA) is 66.5 Å². The third-order valence-electron chi connectivity index (χ3n) is 5.89. The maximum atomic E-state index is 12.6. The fraction of sp³-hybridized carbons (Fsp3) is 0.409. The Morgan fingerprint density at radius 3 is 2.21 bits per heavy atom. The van der Waals surface area contributed by atoms with Gasteiger partial charge < -0.3 is 5.32 Å². The van der Waals surface area contributed by atoms with Crippen LogP contribution in [0.3, 0.4) is 0 Å². The fourth-order valence-corrected chi connectivity index (χ4v) is 5.86. The van der Waals surface area contributed by atoms with Gasteiger partial charge in [-0.2, -0.15) is 0 Å². The summed E-state index contributed by atoms with van der Waals surface area (Å²) in [5.74, 6) is 0.857. The number of hydrogen-bond donors (Lipinski definition) is 1. The second kappa shape index (κ2) is 7.95. The number of sulfonamides is 1. The molecule has 2 aromatic carbocycles. The largest absolute Gasteiger partial charge is 0.326 e. The summed E-state index contributed by atoms with van der Waals surface area (Å²) in [4.78, 5) is 12.6. The number of hydrogen-bond acceptors (Lipinski definition) is 3. The number of carbonyl (C=O) groups excluding carboxylic acids is 1. The standard InChI is InChI=1S/C22H26N2O3S/c25-22(19-9-7-18(8-10-19)17-5-2-1-3-6-17)23-20-11-13-21(14-12-20)24-15-4-16-28(24,26)27/h1-3,5-6,11-14,18-19H,4,7-10,15-16H2,(H,23,25). The molecule has 0 bridgehead atoms. The highest BCUT2D eigenvalue weighted by Gasteiger charge is 2.29. The van der Waals surface area contributed by atoms with Gasteiger partial charge >= 0.3 is 0 Å². The van der Waals surface area contributed by atoms with Crippen LogP contribution in [0.15, 0.2) is 54.6 Å². The molecular formula is C22H26N2O3S. The first-order chi connectivity index (χ1) is 13.5. The van der Waals surface area contributed by atoms with Gasteiger partial charge in [0.05, 0.1) is 11.4 Å². The first-order valence-electron chi connectivity index (χ1n) is 9.99. The summed E-state index contributed by atoms with van der Waals surface area (Å²) < 4.78 is 25.5. The lowest BCUT2D eigenvalue weighted by Crippen LogP contribution is -2.27. The van der Waals surface area contributed by atoms with E-state index >= 15 is 0 Å². The van der Waals surface area contributed by atoms with Crippen LogP contribution in [0.1, 0.15) is 43.6 Å². The molecule has 2 aliphatic rings. The predicted molar refractivity (Wildman–Crippen MR) is 112 cm³/mol. The summed E-state index contributed by atoms with van der Waals surface area (Å²) >= 11 is 0. The van der Waals surface area contributed by atoms with Crippen LogP contribution in [0.2, 0.25) is 0 Å². The van der Waals surface area contributed by atoms with Gasteiger partial charge in [-0.25, -0.2) is 8.42 Å². The van der Waals surface area contributed by atoms with Crippen LogP contribution < -0.4 is 9.62 Å². The molecule has 5 nitrogen and oxygen atoms in total. The van der Waals surface area contributed by atoms with Crippen molar-refractivity contribution in [2.24, 2.45) is 5.92 Å². The van der Waals surface area contributed by atoms with Gasteiger partial charge in [-0.05, 0) is 67.9 Å². The number of nitrogens with zero attached hydrogens (tertiary/aromatic N) is 1. The van der Waals surface area contributed by atoms with Gasteiger partial charge in [0, 0.05) is 18.2 Å². The smallest absolute Gasteiger partial charge is 0.235 e. The lowest BCUT2D eigenvalue weighted by atomic mass is 9.78. The molecule has 28 heavy (non-hydrogen) atoms. The van der Waals surface area contributed by atoms with E-state index < -0.39 is 10.0 Å². The van der Waals surface area contributed by atoms with Crippen molar-refractivity contribution in [1.29, 1.82) is 0 Å². The molecule has 4 rings (SSSR count). The molecule has 0 aromatic heterocycles. The maximum Gasteiger partial charge on any atom is 0.235 e. The molecule has 0 radical (unpaired) electrons. The minimum absolute atomic E-state index is 0.0404. The highest BCUT2D eigenvalue weighted by atomic mass is 32.2. The summed E-state index contributed by atoms with van der Waals surface area (Å²) in [5, 5.41) is 3.00. The zero-order valence-electron chi connectivity index (χ0n) is 15.9. The van der Waals surface area contributed by atoms with Gasteiger partial charge in [0.25, 0.3) is 0 Å². The van der Waals surface area contributed by atoms with Crippen LogP contribution in [0, 0.1) is 5.92 Å². The minimum atomic E-state index is -3.18. The van der Waals surface area contributed by atoms with E-state index in [4.69, 9.17) is 0 Å². The molecule has 2 aromatic rings. The van der Waals surface area contributed by atoms with Crippen molar-refractivity contribution in [2.45, 2.75) is 38.0 Å². The molecule has 1 aliphatic heterocycles. The van der Waals surface area contributed by atoms with Gasteiger partial charge in [0.15, 0.2) is 0 Å². The molecule has 0 unspecified atom stereocenters. The number of amides is 1. The van der Waals surface area contributed by atoms with Crippen molar-refractivity contribution in [3.05, 3.63) is 60.2 Å². The third-order valence-corrected chi connectivity index (χ3v) is 7.76. The Morgan fingerprint density at radius 2 is 1.61 bits per heavy atom. The molecule has 0 atom stereocenters. The molecule has 6 heteroatoms. The van der Waals surface area contributed by atoms with Crippen molar-refractivity contribution >= 4 is 27.3 Å². The van der Waals surface area contributed by atoms with Crippen LogP contribution in [0.5, 0.6) is 0 Å². The van der Waals surface area contributed by atoms with E-state index in [1.165, 1.54) is 9.87 Å². The molecule has 1 aliphatic carbocycles. The number of rotatable bonds is 4. The lowest BCUT2D eigenvalue weighted by Gasteiger charge is -2.28. The molecule has 148 valence electrons. The van der Waals surface area contributed by atoms with Crippen LogP contribution in [0.25, 0.3) is 0 Å². The van der Waals surface area contributed by atoms with Gasteiger partial charge in [-0.1, -0.05) is 30.3 Å². The van der Waals surface area contributed by atoms with Crippen LogP contribution in [-0.2, 0) is 14.8 Å². The van der Waals surface area contributed by atoms with Crippen molar-refractivity contribution in [3.63, 3.8) is 0 Å². The number of benzene rings is 2. The van der Waals surface area contributed by atoms with Crippen LogP contribution in [0.4, 0.5) is 11.4 Å². The maximum absolute atomic E-state index is 12.6. The normalized spacial score (nSPS) is 24.1. The Bertz CT molecular complexity index is 918. The van der Waals surface area contributed by atoms with Gasteiger partial charge in [0.1, 0.15) is 0 Å². The first kappa shape index (κ1) is 19.0. The molecule has 2 fully saturated rings. The van der Waals surface area contributed by atoms with Gasteiger partial charge in [-0.3, -0.25) is 9.10 Å². The van der Waals surface area contributed by atoms with Crippen molar-refractivity contribution in [1.82, 2.24) is 0 Å². The monoisotopic (exact) mass is 398 g/mol. The van der Waals surface area contributed by atoms with E-state index in [-0.39, 0.29) is 17.6 Å². The van der Waals surface area contributed by atoms with Gasteiger partial charge in [-0.15, -0.1) is 0 Å². The average Bonchev–Trinajstić information content (AvgIpc) is 3.08. The average molecular weight is 399 g/mol. The van der Waals surface area contributed by atoms with Gasteiger partial charge in [0.2, 0.25) is 15.9 Å². The minimum Gasteiger partial charge on any atom is -0.326 e. The van der Waals surface area contributed by atoms with Crippen molar-refractivity contribution in [3.8, 4) is 0 Å². The molecule has 1 amide bonds. The van der Waals surface area contributed by atoms with Crippen molar-refractivity contribution < 1.29 is 13.2 Å². The molecule has 1 saturated carbocycles. The molecule has 1 heterocycles. The number of anilines is 2. The number of carbonyl (C=O) groups is 1. The molecule has 1 N–H and O–H groups in total. The zero-order valence-corrected chi connectivity index (χ0v) is 16.7. The molecule has 0 spiro atoms. The fourth-order valence-electron chi connectivity index (χ4n) is 4.30. The van der Waals surface area contributed by atoms with E-state index in [1.54, 1.807) is 24.3 Å². The Morgan fingerprint density at radius 1 is 0.929 bits per heavy atom. The van der Waals surface area contributed by atoms with Crippen LogP contribution in [-0.4, -0.2) is 26.6 Å². The predicted octanol–water partition coefficient (Wildman–Crippen LogP) is 4.14. The Balaban J connectivity index is 1.33. The Kier molecular flexibility index (Phi) is 5.40. The second-order valence-corrected chi connectivity index (χ2v) is 9.75. The molecular weight excluding hydrogens is 372 g/mol. The van der Waals surface area contributed by atoms with E-state index in [1.807, 2.05) is 6.07 Å². The molecule has 1 saturated heterocycles. The third kappa shape index (κ3) is 4.07. The van der Waals surface area contributed by atoms with E-state index in [0.29, 0.717) is 24.6 Å². The van der Waals surface area contributed by atoms with E-state index in [2.05, 4.69) is 29.6 Å². The van der Waals surface area contributed by atoms with Crippen LogP contribution >= 0.6 is 0 Å². The quantitative estimate of drug-likeness (QED) is 0.842. The summed E-state index contributed by atoms with van der Waals surface area (Å²) in [6.07, 6.45) is 4.53. The second-order valence-electron chi connectivity index (χ2n) is 7.74. The lowest BCUT2D eigenvalue weighted by molar-refractivity contribution is -0.120. The summed E-state index contributed by atoms with van der Waals surface area (Å²) in [6.45, 7) is 0.526. The highest BCUT2D eigenvalue weighted by Crippen LogP contribution is 2.36. The Labute approximate surface area is 166 Å². The summed E-state index contributed by atoms with van der Waals surface area (Å²) in [5.41, 5.74) is 2.75. The summed E-state index contributed by atoms with van der Waals surface area (Å²) in [7, 11) is -3.18. The first-order valence-corrected chi connectivity index (χ1v) is 11.6. The zero-order chi connectivity index (χ0) is 19.6. The SMILES string of the molecule is O=C(Nc1ccc(N2CCCS2(=O)=O)cc1)C1CCC(c2ccccc2)CC1.